The van der Waals surface area contributed by atoms with Crippen LogP contribution in [0.2, 0.25) is 0 Å². The highest BCUT2D eigenvalue weighted by molar-refractivity contribution is 5.89. The number of rotatable bonds is 6. The van der Waals surface area contributed by atoms with Crippen molar-refractivity contribution >= 4 is 10.8 Å². The van der Waals surface area contributed by atoms with Crippen LogP contribution in [0.5, 0.6) is 5.88 Å². The van der Waals surface area contributed by atoms with Crippen molar-refractivity contribution in [2.24, 2.45) is 5.92 Å². The molecule has 112 valence electrons. The Morgan fingerprint density at radius 2 is 2.05 bits per heavy atom. The number of hydrogen-bond acceptors (Lipinski definition) is 4. The number of benzene rings is 1. The van der Waals surface area contributed by atoms with Gasteiger partial charge in [0.2, 0.25) is 5.88 Å². The summed E-state index contributed by atoms with van der Waals surface area (Å²) in [6.07, 6.45) is 2.07. The lowest BCUT2D eigenvalue weighted by atomic mass is 10.1. The molecule has 21 heavy (non-hydrogen) atoms. The van der Waals surface area contributed by atoms with Crippen LogP contribution in [-0.2, 0) is 11.3 Å². The van der Waals surface area contributed by atoms with Gasteiger partial charge in [-0.2, -0.15) is 0 Å². The third kappa shape index (κ3) is 3.34. The number of pyridine rings is 1. The van der Waals surface area contributed by atoms with E-state index in [1.54, 1.807) is 0 Å². The van der Waals surface area contributed by atoms with Crippen molar-refractivity contribution < 1.29 is 9.47 Å². The predicted octanol–water partition coefficient (Wildman–Crippen LogP) is 2.76. The molecule has 0 bridgehead atoms. The summed E-state index contributed by atoms with van der Waals surface area (Å²) >= 11 is 0. The molecular weight excluding hydrogens is 264 g/mol. The van der Waals surface area contributed by atoms with Crippen molar-refractivity contribution in [3.63, 3.8) is 0 Å². The Morgan fingerprint density at radius 3 is 2.71 bits per heavy atom. The Balaban J connectivity index is 1.83. The van der Waals surface area contributed by atoms with Crippen molar-refractivity contribution in [3.05, 3.63) is 36.0 Å². The van der Waals surface area contributed by atoms with Crippen LogP contribution >= 0.6 is 0 Å². The molecule has 0 spiro atoms. The van der Waals surface area contributed by atoms with Gasteiger partial charge in [-0.15, -0.1) is 0 Å². The fraction of sp³-hybridized carbons (Fsp3) is 0.471. The van der Waals surface area contributed by atoms with E-state index in [1.807, 2.05) is 12.3 Å². The van der Waals surface area contributed by atoms with Gasteiger partial charge in [-0.3, -0.25) is 0 Å². The average Bonchev–Trinajstić information content (AvgIpc) is 2.44. The fourth-order valence-electron chi connectivity index (χ4n) is 2.40. The van der Waals surface area contributed by atoms with Crippen LogP contribution in [0.3, 0.4) is 0 Å². The van der Waals surface area contributed by atoms with Crippen LogP contribution in [0.15, 0.2) is 30.5 Å². The summed E-state index contributed by atoms with van der Waals surface area (Å²) in [5.74, 6) is 1.36. The SMILES string of the molecule is CC(C)CNCc1cnc(OC2COC2)c2ccccc12. The highest BCUT2D eigenvalue weighted by Crippen LogP contribution is 2.27. The van der Waals surface area contributed by atoms with Crippen LogP contribution in [-0.4, -0.2) is 30.8 Å². The molecule has 1 aliphatic heterocycles. The van der Waals surface area contributed by atoms with Gasteiger partial charge in [0.15, 0.2) is 0 Å². The number of hydrogen-bond donors (Lipinski definition) is 1. The van der Waals surface area contributed by atoms with E-state index in [9.17, 15) is 0 Å². The van der Waals surface area contributed by atoms with Gasteiger partial charge in [0.25, 0.3) is 0 Å². The Hall–Kier alpha value is -1.65. The molecular formula is C17H22N2O2. The minimum atomic E-state index is 0.144. The fourth-order valence-corrected chi connectivity index (χ4v) is 2.40. The second-order valence-corrected chi connectivity index (χ2v) is 5.94. The summed E-state index contributed by atoms with van der Waals surface area (Å²) in [7, 11) is 0. The molecule has 4 heteroatoms. The normalized spacial score (nSPS) is 15.4. The molecule has 2 aromatic rings. The molecule has 4 nitrogen and oxygen atoms in total. The molecule has 1 aliphatic rings. The summed E-state index contributed by atoms with van der Waals surface area (Å²) in [5.41, 5.74) is 1.21. The van der Waals surface area contributed by atoms with E-state index in [2.05, 4.69) is 42.3 Å². The highest BCUT2D eigenvalue weighted by atomic mass is 16.6. The van der Waals surface area contributed by atoms with E-state index >= 15 is 0 Å². The van der Waals surface area contributed by atoms with Gasteiger partial charge in [0.05, 0.1) is 13.2 Å². The number of nitrogens with zero attached hydrogens (tertiary/aromatic N) is 1. The zero-order chi connectivity index (χ0) is 14.7. The molecule has 0 unspecified atom stereocenters. The molecule has 0 radical (unpaired) electrons. The molecule has 3 rings (SSSR count). The Kier molecular flexibility index (Phi) is 4.36. The Bertz CT molecular complexity index is 609. The van der Waals surface area contributed by atoms with Crippen LogP contribution in [0, 0.1) is 5.92 Å². The van der Waals surface area contributed by atoms with Crippen LogP contribution in [0.1, 0.15) is 19.4 Å². The van der Waals surface area contributed by atoms with Crippen molar-refractivity contribution in [2.45, 2.75) is 26.5 Å². The summed E-state index contributed by atoms with van der Waals surface area (Å²) in [4.78, 5) is 4.51. The summed E-state index contributed by atoms with van der Waals surface area (Å²) in [5, 5.41) is 5.76. The molecule has 0 amide bonds. The van der Waals surface area contributed by atoms with Crippen molar-refractivity contribution in [1.82, 2.24) is 10.3 Å². The van der Waals surface area contributed by atoms with E-state index in [4.69, 9.17) is 9.47 Å². The third-order valence-electron chi connectivity index (χ3n) is 3.59. The number of aromatic nitrogens is 1. The molecule has 0 aliphatic carbocycles. The maximum absolute atomic E-state index is 5.90. The van der Waals surface area contributed by atoms with Crippen LogP contribution in [0.4, 0.5) is 0 Å². The van der Waals surface area contributed by atoms with Gasteiger partial charge in [0, 0.05) is 18.1 Å². The molecule has 2 heterocycles. The van der Waals surface area contributed by atoms with Crippen molar-refractivity contribution in [1.29, 1.82) is 0 Å². The van der Waals surface area contributed by atoms with Gasteiger partial charge in [-0.25, -0.2) is 4.98 Å². The summed E-state index contributed by atoms with van der Waals surface area (Å²) in [6, 6.07) is 8.29. The van der Waals surface area contributed by atoms with Gasteiger partial charge in [-0.1, -0.05) is 32.0 Å². The minimum Gasteiger partial charge on any atom is -0.469 e. The maximum Gasteiger partial charge on any atom is 0.221 e. The van der Waals surface area contributed by atoms with Gasteiger partial charge >= 0.3 is 0 Å². The summed E-state index contributed by atoms with van der Waals surface area (Å²) in [6.45, 7) is 7.58. The lowest BCUT2D eigenvalue weighted by Crippen LogP contribution is -2.38. The lowest BCUT2D eigenvalue weighted by molar-refractivity contribution is -0.0807. The van der Waals surface area contributed by atoms with Crippen molar-refractivity contribution in [3.8, 4) is 5.88 Å². The minimum absolute atomic E-state index is 0.144. The van der Waals surface area contributed by atoms with Gasteiger partial charge in [-0.05, 0) is 29.5 Å². The number of nitrogens with one attached hydrogen (secondary N) is 1. The standard InChI is InChI=1S/C17H22N2O2/c1-12(2)7-18-8-13-9-19-17(21-14-10-20-11-14)16-6-4-3-5-15(13)16/h3-6,9,12,14,18H,7-8,10-11H2,1-2H3. The van der Waals surface area contributed by atoms with Gasteiger partial charge in [0.1, 0.15) is 6.10 Å². The lowest BCUT2D eigenvalue weighted by Gasteiger charge is -2.26. The van der Waals surface area contributed by atoms with E-state index < -0.39 is 0 Å². The molecule has 1 fully saturated rings. The van der Waals surface area contributed by atoms with E-state index in [1.165, 1.54) is 10.9 Å². The second-order valence-electron chi connectivity index (χ2n) is 5.94. The Morgan fingerprint density at radius 1 is 1.29 bits per heavy atom. The van der Waals surface area contributed by atoms with E-state index in [0.717, 1.165) is 18.5 Å². The average molecular weight is 286 g/mol. The highest BCUT2D eigenvalue weighted by Gasteiger charge is 2.21. The van der Waals surface area contributed by atoms with E-state index in [-0.39, 0.29) is 6.10 Å². The van der Waals surface area contributed by atoms with Gasteiger partial charge < -0.3 is 14.8 Å². The summed E-state index contributed by atoms with van der Waals surface area (Å²) < 4.78 is 11.1. The first-order valence-corrected chi connectivity index (χ1v) is 7.56. The zero-order valence-electron chi connectivity index (χ0n) is 12.6. The monoisotopic (exact) mass is 286 g/mol. The topological polar surface area (TPSA) is 43.4 Å². The number of fused-ring (bicyclic) bond motifs is 1. The molecule has 0 atom stereocenters. The number of ether oxygens (including phenoxy) is 2. The predicted molar refractivity (Wildman–Crippen MR) is 83.5 cm³/mol. The molecule has 1 aromatic carbocycles. The first kappa shape index (κ1) is 14.3. The molecule has 0 saturated carbocycles. The smallest absolute Gasteiger partial charge is 0.221 e. The maximum atomic E-state index is 5.90. The quantitative estimate of drug-likeness (QED) is 0.887. The van der Waals surface area contributed by atoms with Crippen LogP contribution < -0.4 is 10.1 Å². The Labute approximate surface area is 125 Å². The second kappa shape index (κ2) is 6.41. The third-order valence-corrected chi connectivity index (χ3v) is 3.59. The molecule has 1 N–H and O–H groups in total. The first-order chi connectivity index (χ1) is 10.2. The zero-order valence-corrected chi connectivity index (χ0v) is 12.6. The molecule has 1 saturated heterocycles. The first-order valence-electron chi connectivity index (χ1n) is 7.56. The largest absolute Gasteiger partial charge is 0.469 e. The van der Waals surface area contributed by atoms with Crippen LogP contribution in [0.25, 0.3) is 10.8 Å². The van der Waals surface area contributed by atoms with Crippen molar-refractivity contribution in [2.75, 3.05) is 19.8 Å². The van der Waals surface area contributed by atoms with E-state index in [0.29, 0.717) is 25.0 Å². The molecule has 1 aromatic heterocycles.